The van der Waals surface area contributed by atoms with Gasteiger partial charge in [0.05, 0.1) is 4.90 Å². The van der Waals surface area contributed by atoms with Gasteiger partial charge in [-0.3, -0.25) is 0 Å². The van der Waals surface area contributed by atoms with Crippen molar-refractivity contribution in [2.75, 3.05) is 5.75 Å². The summed E-state index contributed by atoms with van der Waals surface area (Å²) >= 11 is 1.70. The molecule has 1 nitrogen and oxygen atoms in total. The normalized spacial score (nSPS) is 11.3. The summed E-state index contributed by atoms with van der Waals surface area (Å²) in [5.74, 6) is 1.77. The fourth-order valence-electron chi connectivity index (χ4n) is 2.19. The van der Waals surface area contributed by atoms with Crippen molar-refractivity contribution in [1.29, 1.82) is 0 Å². The molecule has 90 valence electrons. The number of hydrogen-bond donors (Lipinski definition) is 1. The SMILES string of the molecule is CCSc1cc2ccccc2c(C(C)C)c1O. The molecule has 0 spiro atoms. The van der Waals surface area contributed by atoms with E-state index in [0.29, 0.717) is 11.7 Å². The summed E-state index contributed by atoms with van der Waals surface area (Å²) in [6.45, 7) is 6.36. The van der Waals surface area contributed by atoms with Crippen molar-refractivity contribution in [3.05, 3.63) is 35.9 Å². The smallest absolute Gasteiger partial charge is 0.133 e. The van der Waals surface area contributed by atoms with Gasteiger partial charge in [0.15, 0.2) is 0 Å². The highest BCUT2D eigenvalue weighted by Crippen LogP contribution is 2.40. The van der Waals surface area contributed by atoms with E-state index >= 15 is 0 Å². The van der Waals surface area contributed by atoms with Crippen LogP contribution < -0.4 is 0 Å². The Balaban J connectivity index is 2.76. The van der Waals surface area contributed by atoms with Gasteiger partial charge >= 0.3 is 0 Å². The number of fused-ring (bicyclic) bond motifs is 1. The maximum Gasteiger partial charge on any atom is 0.133 e. The maximum absolute atomic E-state index is 10.4. The highest BCUT2D eigenvalue weighted by atomic mass is 32.2. The number of hydrogen-bond acceptors (Lipinski definition) is 2. The Morgan fingerprint density at radius 3 is 2.59 bits per heavy atom. The van der Waals surface area contributed by atoms with Crippen molar-refractivity contribution in [3.63, 3.8) is 0 Å². The van der Waals surface area contributed by atoms with E-state index in [9.17, 15) is 5.11 Å². The second-order valence-electron chi connectivity index (χ2n) is 4.45. The summed E-state index contributed by atoms with van der Waals surface area (Å²) in [7, 11) is 0. The van der Waals surface area contributed by atoms with Gasteiger partial charge < -0.3 is 5.11 Å². The second kappa shape index (κ2) is 5.01. The van der Waals surface area contributed by atoms with Crippen molar-refractivity contribution in [1.82, 2.24) is 0 Å². The minimum atomic E-state index is 0.331. The van der Waals surface area contributed by atoms with Crippen LogP contribution in [0.1, 0.15) is 32.3 Å². The van der Waals surface area contributed by atoms with E-state index in [2.05, 4.69) is 39.0 Å². The molecule has 0 saturated heterocycles. The number of phenolic OH excluding ortho intramolecular Hbond substituents is 1. The van der Waals surface area contributed by atoms with Crippen LogP contribution in [0.5, 0.6) is 5.75 Å². The molecule has 0 aliphatic rings. The Kier molecular flexibility index (Phi) is 3.63. The molecule has 2 aromatic carbocycles. The van der Waals surface area contributed by atoms with Crippen molar-refractivity contribution in [2.45, 2.75) is 31.6 Å². The van der Waals surface area contributed by atoms with E-state index in [1.54, 1.807) is 11.8 Å². The van der Waals surface area contributed by atoms with Crippen LogP contribution in [0.4, 0.5) is 0 Å². The molecule has 0 atom stereocenters. The van der Waals surface area contributed by atoms with Gasteiger partial charge in [0, 0.05) is 5.56 Å². The van der Waals surface area contributed by atoms with Gasteiger partial charge in [-0.1, -0.05) is 45.0 Å². The summed E-state index contributed by atoms with van der Waals surface area (Å²) < 4.78 is 0. The number of benzene rings is 2. The minimum absolute atomic E-state index is 0.331. The molecular formula is C15H18OS. The number of rotatable bonds is 3. The molecule has 0 heterocycles. The Hall–Kier alpha value is -1.15. The summed E-state index contributed by atoms with van der Waals surface area (Å²) in [6.07, 6.45) is 0. The van der Waals surface area contributed by atoms with E-state index in [-0.39, 0.29) is 0 Å². The lowest BCUT2D eigenvalue weighted by Crippen LogP contribution is -1.92. The molecule has 0 aliphatic heterocycles. The highest BCUT2D eigenvalue weighted by molar-refractivity contribution is 7.99. The summed E-state index contributed by atoms with van der Waals surface area (Å²) in [5.41, 5.74) is 1.07. The first kappa shape index (κ1) is 12.3. The third kappa shape index (κ3) is 2.27. The zero-order chi connectivity index (χ0) is 12.4. The third-order valence-electron chi connectivity index (χ3n) is 2.90. The van der Waals surface area contributed by atoms with Crippen molar-refractivity contribution >= 4 is 22.5 Å². The average molecular weight is 246 g/mol. The van der Waals surface area contributed by atoms with E-state index in [0.717, 1.165) is 16.2 Å². The lowest BCUT2D eigenvalue weighted by atomic mass is 9.95. The van der Waals surface area contributed by atoms with Gasteiger partial charge in [0.25, 0.3) is 0 Å². The maximum atomic E-state index is 10.4. The fraction of sp³-hybridized carbons (Fsp3) is 0.333. The van der Waals surface area contributed by atoms with Crippen LogP contribution in [0.25, 0.3) is 10.8 Å². The predicted molar refractivity (Wildman–Crippen MR) is 76.1 cm³/mol. The van der Waals surface area contributed by atoms with E-state index in [1.165, 1.54) is 10.8 Å². The van der Waals surface area contributed by atoms with Gasteiger partial charge in [0.2, 0.25) is 0 Å². The van der Waals surface area contributed by atoms with Crippen LogP contribution in [-0.4, -0.2) is 10.9 Å². The Morgan fingerprint density at radius 1 is 1.24 bits per heavy atom. The largest absolute Gasteiger partial charge is 0.506 e. The van der Waals surface area contributed by atoms with Gasteiger partial charge in [-0.15, -0.1) is 11.8 Å². The first-order valence-corrected chi connectivity index (χ1v) is 7.01. The van der Waals surface area contributed by atoms with Crippen molar-refractivity contribution in [2.24, 2.45) is 0 Å². The van der Waals surface area contributed by atoms with Gasteiger partial charge in [-0.2, -0.15) is 0 Å². The van der Waals surface area contributed by atoms with Crippen molar-refractivity contribution < 1.29 is 5.11 Å². The van der Waals surface area contributed by atoms with E-state index in [4.69, 9.17) is 0 Å². The quantitative estimate of drug-likeness (QED) is 0.786. The number of aromatic hydroxyl groups is 1. The zero-order valence-electron chi connectivity index (χ0n) is 10.5. The minimum Gasteiger partial charge on any atom is -0.506 e. The van der Waals surface area contributed by atoms with Crippen molar-refractivity contribution in [3.8, 4) is 5.75 Å². The molecule has 0 fully saturated rings. The topological polar surface area (TPSA) is 20.2 Å². The van der Waals surface area contributed by atoms with Crippen LogP contribution in [0.3, 0.4) is 0 Å². The molecular weight excluding hydrogens is 228 g/mol. The lowest BCUT2D eigenvalue weighted by Gasteiger charge is -2.15. The Bertz CT molecular complexity index is 532. The van der Waals surface area contributed by atoms with Crippen LogP contribution in [0.2, 0.25) is 0 Å². The molecule has 0 aliphatic carbocycles. The molecule has 0 bridgehead atoms. The summed E-state index contributed by atoms with van der Waals surface area (Å²) in [4.78, 5) is 0.995. The zero-order valence-corrected chi connectivity index (χ0v) is 11.3. The second-order valence-corrected chi connectivity index (χ2v) is 5.75. The van der Waals surface area contributed by atoms with Crippen LogP contribution >= 0.6 is 11.8 Å². The molecule has 1 N–H and O–H groups in total. The molecule has 0 radical (unpaired) electrons. The first-order valence-electron chi connectivity index (χ1n) is 6.02. The standard InChI is InChI=1S/C15H18OS/c1-4-17-13-9-11-7-5-6-8-12(11)14(10(2)3)15(13)16/h5-10,16H,4H2,1-3H3. The van der Waals surface area contributed by atoms with Gasteiger partial charge in [-0.25, -0.2) is 0 Å². The molecule has 0 aromatic heterocycles. The molecule has 2 heteroatoms. The van der Waals surface area contributed by atoms with Gasteiger partial charge in [0.1, 0.15) is 5.75 Å². The molecule has 2 rings (SSSR count). The molecule has 0 unspecified atom stereocenters. The Morgan fingerprint density at radius 2 is 1.94 bits per heavy atom. The monoisotopic (exact) mass is 246 g/mol. The third-order valence-corrected chi connectivity index (χ3v) is 3.81. The van der Waals surface area contributed by atoms with Gasteiger partial charge in [-0.05, 0) is 28.5 Å². The fourth-order valence-corrected chi connectivity index (χ4v) is 2.96. The highest BCUT2D eigenvalue weighted by Gasteiger charge is 2.14. The molecule has 2 aromatic rings. The Labute approximate surface area is 107 Å². The number of phenols is 1. The average Bonchev–Trinajstić information content (AvgIpc) is 2.30. The lowest BCUT2D eigenvalue weighted by molar-refractivity contribution is 0.453. The summed E-state index contributed by atoms with van der Waals surface area (Å²) in [5, 5.41) is 12.7. The van der Waals surface area contributed by atoms with Crippen LogP contribution in [-0.2, 0) is 0 Å². The predicted octanol–water partition coefficient (Wildman–Crippen LogP) is 4.78. The molecule has 0 saturated carbocycles. The van der Waals surface area contributed by atoms with Crippen LogP contribution in [0, 0.1) is 0 Å². The number of thioether (sulfide) groups is 1. The van der Waals surface area contributed by atoms with Crippen LogP contribution in [0.15, 0.2) is 35.2 Å². The molecule has 17 heavy (non-hydrogen) atoms. The molecule has 0 amide bonds. The van der Waals surface area contributed by atoms with E-state index in [1.807, 2.05) is 12.1 Å². The summed E-state index contributed by atoms with van der Waals surface area (Å²) in [6, 6.07) is 10.4. The first-order chi connectivity index (χ1) is 8.15. The van der Waals surface area contributed by atoms with E-state index < -0.39 is 0 Å².